The minimum atomic E-state index is -0.402. The first kappa shape index (κ1) is 20.5. The number of phenols is 2. The van der Waals surface area contributed by atoms with Crippen molar-refractivity contribution < 1.29 is 19.7 Å². The van der Waals surface area contributed by atoms with Gasteiger partial charge in [-0.05, 0) is 66.2 Å². The van der Waals surface area contributed by atoms with E-state index < -0.39 is 5.97 Å². The molecule has 1 aromatic rings. The molecule has 1 aromatic carbocycles. The highest BCUT2D eigenvalue weighted by Gasteiger charge is 2.53. The number of ether oxygens (including phenoxy) is 1. The van der Waals surface area contributed by atoms with Crippen LogP contribution in [0.15, 0.2) is 36.4 Å². The van der Waals surface area contributed by atoms with Crippen LogP contribution in [0.4, 0.5) is 0 Å². The molecule has 2 fully saturated rings. The number of aromatic hydroxyl groups is 2. The van der Waals surface area contributed by atoms with Gasteiger partial charge in [-0.25, -0.2) is 4.79 Å². The lowest BCUT2D eigenvalue weighted by atomic mass is 9.48. The summed E-state index contributed by atoms with van der Waals surface area (Å²) in [5.41, 5.74) is 2.27. The second-order valence-corrected chi connectivity index (χ2v) is 9.36. The summed E-state index contributed by atoms with van der Waals surface area (Å²) in [5.74, 6) is 0.0159. The van der Waals surface area contributed by atoms with Crippen LogP contribution in [0.25, 0.3) is 6.08 Å². The van der Waals surface area contributed by atoms with E-state index in [-0.39, 0.29) is 22.8 Å². The fourth-order valence-corrected chi connectivity index (χ4v) is 5.60. The van der Waals surface area contributed by atoms with Crippen LogP contribution in [-0.2, 0) is 9.53 Å². The van der Waals surface area contributed by atoms with Gasteiger partial charge in [0.2, 0.25) is 0 Å². The number of hydrogen-bond acceptors (Lipinski definition) is 4. The predicted octanol–water partition coefficient (Wildman–Crippen LogP) is 5.45. The molecule has 0 heterocycles. The molecule has 3 unspecified atom stereocenters. The van der Waals surface area contributed by atoms with Gasteiger partial charge in [0.15, 0.2) is 11.5 Å². The van der Waals surface area contributed by atoms with Crippen LogP contribution in [0.2, 0.25) is 0 Å². The van der Waals surface area contributed by atoms with Crippen molar-refractivity contribution in [1.82, 2.24) is 0 Å². The number of carbonyl (C=O) groups excluding carboxylic acids is 1. The van der Waals surface area contributed by atoms with Gasteiger partial charge in [0.25, 0.3) is 0 Å². The minimum Gasteiger partial charge on any atom is -0.504 e. The molecule has 2 aliphatic carbocycles. The summed E-state index contributed by atoms with van der Waals surface area (Å²) in [5, 5.41) is 18.9. The lowest BCUT2D eigenvalue weighted by Crippen LogP contribution is -2.50. The predicted molar refractivity (Wildman–Crippen MR) is 111 cm³/mol. The van der Waals surface area contributed by atoms with E-state index in [2.05, 4.69) is 27.4 Å². The van der Waals surface area contributed by atoms with Crippen molar-refractivity contribution in [2.75, 3.05) is 6.61 Å². The lowest BCUT2D eigenvalue weighted by molar-refractivity contribution is -0.143. The second kappa shape index (κ2) is 7.65. The largest absolute Gasteiger partial charge is 0.504 e. The van der Waals surface area contributed by atoms with E-state index in [1.54, 1.807) is 12.1 Å². The minimum absolute atomic E-state index is 0.129. The van der Waals surface area contributed by atoms with Crippen molar-refractivity contribution in [3.8, 4) is 11.5 Å². The van der Waals surface area contributed by atoms with E-state index >= 15 is 0 Å². The quantitative estimate of drug-likeness (QED) is 0.313. The SMILES string of the molecule is C=C1CCC2C(C)(C)CCCC2(C)C1COC(=O)C=Cc1ccc(O)c(O)c1. The molecule has 4 heteroatoms. The Kier molecular flexibility index (Phi) is 5.60. The highest BCUT2D eigenvalue weighted by atomic mass is 16.5. The van der Waals surface area contributed by atoms with Crippen LogP contribution in [0.5, 0.6) is 11.5 Å². The zero-order valence-electron chi connectivity index (χ0n) is 17.2. The maximum absolute atomic E-state index is 12.3. The number of carbonyl (C=O) groups is 1. The van der Waals surface area contributed by atoms with Crippen LogP contribution >= 0.6 is 0 Å². The standard InChI is InChI=1S/C24H32O4/c1-16-6-10-21-23(2,3)12-5-13-24(21,4)18(16)15-28-22(27)11-8-17-7-9-19(25)20(26)14-17/h7-9,11,14,18,21,25-26H,1,5-6,10,12-13,15H2,2-4H3. The molecule has 28 heavy (non-hydrogen) atoms. The molecule has 2 aliphatic rings. The van der Waals surface area contributed by atoms with E-state index in [1.807, 2.05) is 0 Å². The molecule has 0 aromatic heterocycles. The first-order chi connectivity index (χ1) is 13.1. The topological polar surface area (TPSA) is 66.8 Å². The van der Waals surface area contributed by atoms with Crippen molar-refractivity contribution in [2.24, 2.45) is 22.7 Å². The van der Waals surface area contributed by atoms with Gasteiger partial charge < -0.3 is 14.9 Å². The van der Waals surface area contributed by atoms with Crippen LogP contribution < -0.4 is 0 Å². The number of phenolic OH excluding ortho intramolecular Hbond substituents is 2. The Morgan fingerprint density at radius 1 is 1.25 bits per heavy atom. The van der Waals surface area contributed by atoms with Gasteiger partial charge in [0.1, 0.15) is 0 Å². The fraction of sp³-hybridized carbons (Fsp3) is 0.542. The van der Waals surface area contributed by atoms with E-state index in [0.29, 0.717) is 23.5 Å². The normalized spacial score (nSPS) is 29.5. The number of benzene rings is 1. The molecule has 4 nitrogen and oxygen atoms in total. The first-order valence-corrected chi connectivity index (χ1v) is 10.2. The zero-order chi connectivity index (χ0) is 20.5. The maximum Gasteiger partial charge on any atom is 0.330 e. The fourth-order valence-electron chi connectivity index (χ4n) is 5.60. The monoisotopic (exact) mass is 384 g/mol. The molecule has 0 radical (unpaired) electrons. The molecule has 3 rings (SSSR count). The summed E-state index contributed by atoms with van der Waals surface area (Å²) >= 11 is 0. The smallest absolute Gasteiger partial charge is 0.330 e. The second-order valence-electron chi connectivity index (χ2n) is 9.36. The van der Waals surface area contributed by atoms with Gasteiger partial charge >= 0.3 is 5.97 Å². The highest BCUT2D eigenvalue weighted by Crippen LogP contribution is 2.60. The van der Waals surface area contributed by atoms with Gasteiger partial charge in [-0.15, -0.1) is 0 Å². The van der Waals surface area contributed by atoms with E-state index in [4.69, 9.17) is 4.74 Å². The summed E-state index contributed by atoms with van der Waals surface area (Å²) < 4.78 is 5.61. The average Bonchev–Trinajstić information content (AvgIpc) is 2.61. The van der Waals surface area contributed by atoms with Crippen molar-refractivity contribution in [1.29, 1.82) is 0 Å². The molecule has 0 spiro atoms. The Labute approximate surface area is 167 Å². The molecular formula is C24H32O4. The summed E-state index contributed by atoms with van der Waals surface area (Å²) in [6.07, 6.45) is 8.75. The van der Waals surface area contributed by atoms with E-state index in [0.717, 1.165) is 12.8 Å². The van der Waals surface area contributed by atoms with Crippen LogP contribution in [0, 0.1) is 22.7 Å². The number of rotatable bonds is 4. The van der Waals surface area contributed by atoms with Crippen LogP contribution in [0.3, 0.4) is 0 Å². The third-order valence-corrected chi connectivity index (χ3v) is 7.12. The summed E-state index contributed by atoms with van der Waals surface area (Å²) in [6, 6.07) is 4.41. The summed E-state index contributed by atoms with van der Waals surface area (Å²) in [4.78, 5) is 12.3. The first-order valence-electron chi connectivity index (χ1n) is 10.2. The average molecular weight is 385 g/mol. The van der Waals surface area contributed by atoms with Gasteiger partial charge in [-0.1, -0.05) is 45.4 Å². The molecule has 0 aliphatic heterocycles. The van der Waals surface area contributed by atoms with Crippen molar-refractivity contribution in [2.45, 2.75) is 52.9 Å². The van der Waals surface area contributed by atoms with Crippen LogP contribution in [0.1, 0.15) is 58.4 Å². The molecule has 0 saturated heterocycles. The van der Waals surface area contributed by atoms with Crippen molar-refractivity contribution >= 4 is 12.0 Å². The molecular weight excluding hydrogens is 352 g/mol. The maximum atomic E-state index is 12.3. The molecule has 152 valence electrons. The van der Waals surface area contributed by atoms with E-state index in [1.165, 1.54) is 43.0 Å². The number of fused-ring (bicyclic) bond motifs is 1. The Bertz CT molecular complexity index is 792. The Balaban J connectivity index is 1.66. The molecule has 3 atom stereocenters. The van der Waals surface area contributed by atoms with Crippen LogP contribution in [-0.4, -0.2) is 22.8 Å². The third kappa shape index (κ3) is 3.96. The Morgan fingerprint density at radius 2 is 2.00 bits per heavy atom. The Morgan fingerprint density at radius 3 is 2.71 bits per heavy atom. The number of esters is 1. The van der Waals surface area contributed by atoms with Crippen molar-refractivity contribution in [3.63, 3.8) is 0 Å². The van der Waals surface area contributed by atoms with Crippen molar-refractivity contribution in [3.05, 3.63) is 42.0 Å². The molecule has 2 saturated carbocycles. The summed E-state index contributed by atoms with van der Waals surface area (Å²) in [7, 11) is 0. The third-order valence-electron chi connectivity index (χ3n) is 7.12. The highest BCUT2D eigenvalue weighted by molar-refractivity contribution is 5.87. The lowest BCUT2D eigenvalue weighted by Gasteiger charge is -2.57. The van der Waals surface area contributed by atoms with Gasteiger partial charge in [-0.2, -0.15) is 0 Å². The van der Waals surface area contributed by atoms with Gasteiger partial charge in [-0.3, -0.25) is 0 Å². The zero-order valence-corrected chi connectivity index (χ0v) is 17.2. The van der Waals surface area contributed by atoms with Gasteiger partial charge in [0.05, 0.1) is 6.61 Å². The molecule has 0 bridgehead atoms. The van der Waals surface area contributed by atoms with E-state index in [9.17, 15) is 15.0 Å². The summed E-state index contributed by atoms with van der Waals surface area (Å²) in [6.45, 7) is 11.8. The molecule has 2 N–H and O–H groups in total. The number of hydrogen-bond donors (Lipinski definition) is 2. The molecule has 0 amide bonds. The Hall–Kier alpha value is -2.23. The van der Waals surface area contributed by atoms with Gasteiger partial charge in [0, 0.05) is 12.0 Å².